The van der Waals surface area contributed by atoms with E-state index in [9.17, 15) is 9.59 Å². The summed E-state index contributed by atoms with van der Waals surface area (Å²) >= 11 is 0. The van der Waals surface area contributed by atoms with E-state index in [0.717, 1.165) is 5.56 Å². The van der Waals surface area contributed by atoms with E-state index in [2.05, 4.69) is 4.98 Å². The average Bonchev–Trinajstić information content (AvgIpc) is 2.80. The fourth-order valence-corrected chi connectivity index (χ4v) is 2.12. The molecule has 20 heavy (non-hydrogen) atoms. The molecule has 100 valence electrons. The van der Waals surface area contributed by atoms with E-state index in [1.165, 1.54) is 6.07 Å². The molecule has 1 heterocycles. The fourth-order valence-electron chi connectivity index (χ4n) is 2.12. The second-order valence-electron chi connectivity index (χ2n) is 4.59. The van der Waals surface area contributed by atoms with Crippen molar-refractivity contribution in [2.24, 2.45) is 0 Å². The molecule has 0 bridgehead atoms. The van der Waals surface area contributed by atoms with Crippen LogP contribution in [0.15, 0.2) is 45.6 Å². The molecule has 0 aliphatic rings. The largest absolute Gasteiger partial charge is 0.417 e. The molecule has 5 heteroatoms. The van der Waals surface area contributed by atoms with Gasteiger partial charge in [0.25, 0.3) is 0 Å². The number of carbonyl (C=O) groups excluding carboxylic acids is 1. The third-order valence-corrected chi connectivity index (χ3v) is 3.25. The van der Waals surface area contributed by atoms with Gasteiger partial charge in [-0.15, -0.1) is 0 Å². The van der Waals surface area contributed by atoms with Crippen molar-refractivity contribution in [2.45, 2.75) is 6.92 Å². The van der Waals surface area contributed by atoms with Crippen LogP contribution in [0.2, 0.25) is 0 Å². The number of fused-ring (bicyclic) bond motifs is 1. The van der Waals surface area contributed by atoms with Crippen LogP contribution in [-0.4, -0.2) is 10.8 Å². The highest BCUT2D eigenvalue weighted by molar-refractivity contribution is 6.13. The van der Waals surface area contributed by atoms with Gasteiger partial charge in [-0.1, -0.05) is 12.1 Å². The Labute approximate surface area is 114 Å². The number of rotatable bonds is 2. The molecule has 0 amide bonds. The van der Waals surface area contributed by atoms with Gasteiger partial charge in [-0.05, 0) is 36.8 Å². The molecule has 0 fully saturated rings. The van der Waals surface area contributed by atoms with Crippen molar-refractivity contribution in [3.05, 3.63) is 63.6 Å². The number of nitrogens with two attached hydrogens (primary N) is 1. The van der Waals surface area contributed by atoms with E-state index >= 15 is 0 Å². The lowest BCUT2D eigenvalue weighted by Gasteiger charge is -2.07. The maximum atomic E-state index is 12.5. The summed E-state index contributed by atoms with van der Waals surface area (Å²) < 4.78 is 4.95. The molecule has 0 saturated carbocycles. The quantitative estimate of drug-likeness (QED) is 0.551. The molecule has 0 unspecified atom stereocenters. The Hall–Kier alpha value is -2.82. The molecule has 5 nitrogen and oxygen atoms in total. The molecule has 0 aliphatic carbocycles. The predicted octanol–water partition coefficient (Wildman–Crippen LogP) is 2.24. The Bertz CT molecular complexity index is 874. The van der Waals surface area contributed by atoms with Crippen molar-refractivity contribution < 1.29 is 9.21 Å². The number of anilines is 1. The first-order valence-electron chi connectivity index (χ1n) is 6.09. The molecular formula is C15H12N2O3. The first-order chi connectivity index (χ1) is 9.56. The number of oxazole rings is 1. The summed E-state index contributed by atoms with van der Waals surface area (Å²) in [6, 6.07) is 10.1. The van der Waals surface area contributed by atoms with E-state index in [4.69, 9.17) is 10.2 Å². The smallest absolute Gasteiger partial charge is 0.408 e. The van der Waals surface area contributed by atoms with E-state index < -0.39 is 5.76 Å². The van der Waals surface area contributed by atoms with Crippen molar-refractivity contribution in [3.63, 3.8) is 0 Å². The maximum absolute atomic E-state index is 12.5. The third-order valence-electron chi connectivity index (χ3n) is 3.25. The number of benzene rings is 2. The van der Waals surface area contributed by atoms with Gasteiger partial charge in [-0.2, -0.15) is 0 Å². The Morgan fingerprint density at radius 3 is 2.85 bits per heavy atom. The summed E-state index contributed by atoms with van der Waals surface area (Å²) in [4.78, 5) is 26.1. The molecule has 0 spiro atoms. The zero-order valence-electron chi connectivity index (χ0n) is 10.8. The van der Waals surface area contributed by atoms with Gasteiger partial charge in [-0.3, -0.25) is 9.78 Å². The number of hydrogen-bond acceptors (Lipinski definition) is 4. The van der Waals surface area contributed by atoms with E-state index in [0.29, 0.717) is 27.9 Å². The van der Waals surface area contributed by atoms with Crippen LogP contribution >= 0.6 is 0 Å². The first kappa shape index (κ1) is 12.2. The summed E-state index contributed by atoms with van der Waals surface area (Å²) in [5.74, 6) is -0.739. The number of carbonyl (C=O) groups is 1. The first-order valence-corrected chi connectivity index (χ1v) is 6.09. The lowest BCUT2D eigenvalue weighted by Crippen LogP contribution is -2.06. The summed E-state index contributed by atoms with van der Waals surface area (Å²) in [5.41, 5.74) is 9.04. The van der Waals surface area contributed by atoms with Crippen LogP contribution < -0.4 is 11.5 Å². The lowest BCUT2D eigenvalue weighted by atomic mass is 9.99. The van der Waals surface area contributed by atoms with Crippen molar-refractivity contribution in [1.29, 1.82) is 0 Å². The minimum absolute atomic E-state index is 0.197. The van der Waals surface area contributed by atoms with Crippen molar-refractivity contribution in [1.82, 2.24) is 4.98 Å². The SMILES string of the molecule is Cc1cccc(C(=O)c2ccc3[nH]c(=O)oc3c2)c1N. The molecule has 0 radical (unpaired) electrons. The second-order valence-corrected chi connectivity index (χ2v) is 4.59. The Kier molecular flexibility index (Phi) is 2.68. The molecule has 2 aromatic carbocycles. The molecule has 3 N–H and O–H groups in total. The van der Waals surface area contributed by atoms with Gasteiger partial charge in [0.1, 0.15) is 0 Å². The van der Waals surface area contributed by atoms with E-state index in [1.54, 1.807) is 24.3 Å². The highest BCUT2D eigenvalue weighted by Gasteiger charge is 2.14. The van der Waals surface area contributed by atoms with Gasteiger partial charge in [0.05, 0.1) is 5.52 Å². The van der Waals surface area contributed by atoms with Gasteiger partial charge in [0.2, 0.25) is 0 Å². The fraction of sp³-hybridized carbons (Fsp3) is 0.0667. The number of nitrogens with one attached hydrogen (secondary N) is 1. The second kappa shape index (κ2) is 4.38. The minimum atomic E-state index is -0.542. The molecule has 0 aliphatic heterocycles. The Morgan fingerprint density at radius 1 is 1.25 bits per heavy atom. The Morgan fingerprint density at radius 2 is 2.05 bits per heavy atom. The molecule has 0 atom stereocenters. The van der Waals surface area contributed by atoms with Gasteiger partial charge in [-0.25, -0.2) is 4.79 Å². The number of aryl methyl sites for hydroxylation is 1. The van der Waals surface area contributed by atoms with Gasteiger partial charge in [0, 0.05) is 16.8 Å². The molecule has 3 rings (SSSR count). The van der Waals surface area contributed by atoms with Crippen LogP contribution in [0.4, 0.5) is 5.69 Å². The van der Waals surface area contributed by atoms with Crippen LogP contribution in [0.25, 0.3) is 11.1 Å². The van der Waals surface area contributed by atoms with Gasteiger partial charge >= 0.3 is 5.76 Å². The highest BCUT2D eigenvalue weighted by atomic mass is 16.4. The lowest BCUT2D eigenvalue weighted by molar-refractivity contribution is 0.103. The van der Waals surface area contributed by atoms with Crippen molar-refractivity contribution in [3.8, 4) is 0 Å². The summed E-state index contributed by atoms with van der Waals surface area (Å²) in [5, 5.41) is 0. The molecular weight excluding hydrogens is 256 g/mol. The van der Waals surface area contributed by atoms with Crippen molar-refractivity contribution in [2.75, 3.05) is 5.73 Å². The van der Waals surface area contributed by atoms with Crippen LogP contribution in [0, 0.1) is 6.92 Å². The molecule has 1 aromatic heterocycles. The number of nitrogen functional groups attached to an aromatic ring is 1. The Balaban J connectivity index is 2.12. The number of hydrogen-bond donors (Lipinski definition) is 2. The predicted molar refractivity (Wildman–Crippen MR) is 75.9 cm³/mol. The molecule has 0 saturated heterocycles. The zero-order valence-corrected chi connectivity index (χ0v) is 10.8. The van der Waals surface area contributed by atoms with Crippen LogP contribution in [0.1, 0.15) is 21.5 Å². The third kappa shape index (κ3) is 1.89. The molecule has 3 aromatic rings. The normalized spacial score (nSPS) is 10.8. The van der Waals surface area contributed by atoms with Gasteiger partial charge in [0.15, 0.2) is 11.4 Å². The number of ketones is 1. The standard InChI is InChI=1S/C15H12N2O3/c1-8-3-2-4-10(13(8)16)14(18)9-5-6-11-12(7-9)20-15(19)17-11/h2-7H,16H2,1H3,(H,17,19). The minimum Gasteiger partial charge on any atom is -0.408 e. The zero-order chi connectivity index (χ0) is 14.3. The van der Waals surface area contributed by atoms with Crippen LogP contribution in [0.5, 0.6) is 0 Å². The van der Waals surface area contributed by atoms with Crippen LogP contribution in [0.3, 0.4) is 0 Å². The summed E-state index contributed by atoms with van der Waals surface area (Å²) in [6.07, 6.45) is 0. The number of aromatic nitrogens is 1. The number of aromatic amines is 1. The maximum Gasteiger partial charge on any atom is 0.417 e. The van der Waals surface area contributed by atoms with E-state index in [1.807, 2.05) is 13.0 Å². The monoisotopic (exact) mass is 268 g/mol. The van der Waals surface area contributed by atoms with E-state index in [-0.39, 0.29) is 5.78 Å². The van der Waals surface area contributed by atoms with Gasteiger partial charge < -0.3 is 10.2 Å². The summed E-state index contributed by atoms with van der Waals surface area (Å²) in [6.45, 7) is 1.85. The van der Waals surface area contributed by atoms with Crippen molar-refractivity contribution >= 4 is 22.6 Å². The average molecular weight is 268 g/mol. The highest BCUT2D eigenvalue weighted by Crippen LogP contribution is 2.21. The van der Waals surface area contributed by atoms with Crippen LogP contribution in [-0.2, 0) is 0 Å². The number of para-hydroxylation sites is 1. The topological polar surface area (TPSA) is 89.1 Å². The summed E-state index contributed by atoms with van der Waals surface area (Å²) in [7, 11) is 0. The number of H-pyrrole nitrogens is 1.